The minimum Gasteiger partial charge on any atom is -0.431 e. The van der Waals surface area contributed by atoms with Gasteiger partial charge in [0.15, 0.2) is 17.2 Å². The zero-order valence-electron chi connectivity index (χ0n) is 16.1. The molecule has 3 aromatic rings. The molecular formula is C20H20F2N4O3. The molecule has 7 nitrogen and oxygen atoms in total. The highest BCUT2D eigenvalue weighted by Crippen LogP contribution is 2.58. The monoisotopic (exact) mass is 402 g/mol. The summed E-state index contributed by atoms with van der Waals surface area (Å²) in [4.78, 5) is 17.1. The van der Waals surface area contributed by atoms with Crippen LogP contribution >= 0.6 is 0 Å². The molecule has 29 heavy (non-hydrogen) atoms. The van der Waals surface area contributed by atoms with E-state index < -0.39 is 6.61 Å². The lowest BCUT2D eigenvalue weighted by Crippen LogP contribution is -2.45. The lowest BCUT2D eigenvalue weighted by atomic mass is 9.62. The van der Waals surface area contributed by atoms with Gasteiger partial charge in [-0.3, -0.25) is 9.48 Å². The molecule has 0 aromatic carbocycles. The molecule has 3 fully saturated rings. The van der Waals surface area contributed by atoms with Gasteiger partial charge in [0.05, 0.1) is 17.9 Å². The number of ketones is 1. The number of hydrogen-bond acceptors (Lipinski definition) is 5. The predicted octanol–water partition coefficient (Wildman–Crippen LogP) is 2.92. The maximum atomic E-state index is 13.0. The van der Waals surface area contributed by atoms with Crippen molar-refractivity contribution in [2.24, 2.45) is 7.05 Å². The van der Waals surface area contributed by atoms with Crippen LogP contribution in [0.2, 0.25) is 0 Å². The number of alkyl halides is 2. The van der Waals surface area contributed by atoms with Gasteiger partial charge >= 0.3 is 6.61 Å². The van der Waals surface area contributed by atoms with Crippen LogP contribution in [-0.4, -0.2) is 43.8 Å². The maximum Gasteiger partial charge on any atom is 0.387 e. The minimum atomic E-state index is -2.99. The Bertz CT molecular complexity index is 1110. The van der Waals surface area contributed by atoms with Crippen molar-refractivity contribution < 1.29 is 23.0 Å². The number of nitrogens with zero attached hydrogens (tertiary/aromatic N) is 4. The first-order valence-electron chi connectivity index (χ1n) is 9.39. The molecule has 1 saturated carbocycles. The van der Waals surface area contributed by atoms with E-state index in [1.807, 2.05) is 6.20 Å². The van der Waals surface area contributed by atoms with Crippen molar-refractivity contribution in [3.05, 3.63) is 47.7 Å². The van der Waals surface area contributed by atoms with E-state index in [2.05, 4.69) is 17.0 Å². The third-order valence-electron chi connectivity index (χ3n) is 5.82. The van der Waals surface area contributed by atoms with Gasteiger partial charge in [0, 0.05) is 37.5 Å². The fourth-order valence-corrected chi connectivity index (χ4v) is 4.65. The van der Waals surface area contributed by atoms with Gasteiger partial charge in [-0.2, -0.15) is 13.9 Å². The van der Waals surface area contributed by atoms with Crippen molar-refractivity contribution in [1.29, 1.82) is 0 Å². The number of pyridine rings is 1. The Hall–Kier alpha value is -2.81. The highest BCUT2D eigenvalue weighted by molar-refractivity contribution is 5.95. The van der Waals surface area contributed by atoms with Crippen LogP contribution in [0.1, 0.15) is 41.5 Å². The molecule has 0 unspecified atom stereocenters. The van der Waals surface area contributed by atoms with Crippen LogP contribution in [0.4, 0.5) is 8.78 Å². The van der Waals surface area contributed by atoms with Crippen LogP contribution in [0.5, 0.6) is 5.75 Å². The summed E-state index contributed by atoms with van der Waals surface area (Å²) >= 11 is 0. The first-order chi connectivity index (χ1) is 13.8. The van der Waals surface area contributed by atoms with Gasteiger partial charge in [-0.1, -0.05) is 0 Å². The van der Waals surface area contributed by atoms with Crippen molar-refractivity contribution in [3.63, 3.8) is 0 Å². The molecule has 0 amide bonds. The van der Waals surface area contributed by atoms with E-state index in [1.165, 1.54) is 6.07 Å². The number of halogens is 2. The molecule has 2 bridgehead atoms. The van der Waals surface area contributed by atoms with E-state index in [9.17, 15) is 13.6 Å². The number of aromatic nitrogens is 4. The van der Waals surface area contributed by atoms with Gasteiger partial charge < -0.3 is 13.9 Å². The second kappa shape index (κ2) is 6.09. The zero-order valence-corrected chi connectivity index (χ0v) is 16.1. The second-order valence-corrected chi connectivity index (χ2v) is 8.30. The van der Waals surface area contributed by atoms with Gasteiger partial charge in [-0.25, -0.2) is 4.98 Å². The largest absolute Gasteiger partial charge is 0.431 e. The van der Waals surface area contributed by atoms with E-state index in [1.54, 1.807) is 34.6 Å². The summed E-state index contributed by atoms with van der Waals surface area (Å²) in [7, 11) is 1.72. The SMILES string of the molecule is Cn1ccc(C(=O)Cc2cc(OC(F)F)c3nc(C45COC(C)(C4)C5)cn3c2)n1. The number of carbonyl (C=O) groups excluding carboxylic acids is 1. The number of Topliss-reactive ketones (excluding diaryl/α,β-unsaturated/α-hetero) is 1. The van der Waals surface area contributed by atoms with Gasteiger partial charge in [-0.15, -0.1) is 0 Å². The van der Waals surface area contributed by atoms with Crippen LogP contribution in [0.25, 0.3) is 5.65 Å². The Labute approximate surface area is 165 Å². The van der Waals surface area contributed by atoms with Crippen molar-refractivity contribution in [1.82, 2.24) is 19.2 Å². The molecular weight excluding hydrogens is 382 g/mol. The highest BCUT2D eigenvalue weighted by atomic mass is 19.3. The van der Waals surface area contributed by atoms with E-state index in [-0.39, 0.29) is 29.0 Å². The molecule has 9 heteroatoms. The van der Waals surface area contributed by atoms with Gasteiger partial charge in [0.1, 0.15) is 5.69 Å². The lowest BCUT2D eigenvalue weighted by Gasteiger charge is -2.41. The number of aryl methyl sites for hydroxylation is 1. The third kappa shape index (κ3) is 3.00. The summed E-state index contributed by atoms with van der Waals surface area (Å²) in [6.07, 6.45) is 6.98. The van der Waals surface area contributed by atoms with Crippen LogP contribution in [-0.2, 0) is 23.6 Å². The smallest absolute Gasteiger partial charge is 0.387 e. The van der Waals surface area contributed by atoms with Crippen molar-refractivity contribution in [2.75, 3.05) is 6.61 Å². The van der Waals surface area contributed by atoms with E-state index >= 15 is 0 Å². The fourth-order valence-electron chi connectivity index (χ4n) is 4.65. The quantitative estimate of drug-likeness (QED) is 0.593. The Morgan fingerprint density at radius 3 is 2.79 bits per heavy atom. The van der Waals surface area contributed by atoms with Gasteiger partial charge in [-0.05, 0) is 37.5 Å². The van der Waals surface area contributed by atoms with Crippen molar-refractivity contribution >= 4 is 11.4 Å². The average Bonchev–Trinajstić information content (AvgIpc) is 3.36. The van der Waals surface area contributed by atoms with E-state index in [0.717, 1.165) is 18.5 Å². The van der Waals surface area contributed by atoms with E-state index in [4.69, 9.17) is 9.47 Å². The summed E-state index contributed by atoms with van der Waals surface area (Å²) in [6.45, 7) is -0.342. The summed E-state index contributed by atoms with van der Waals surface area (Å²) < 4.78 is 39.7. The fraction of sp³-hybridized carbons (Fsp3) is 0.450. The molecule has 5 heterocycles. The standard InChI is InChI=1S/C20H20F2N4O3/c1-19-9-20(10-19,11-28-19)16-8-26-7-12(5-14(27)13-3-4-25(2)24-13)6-15(17(26)23-16)29-18(21)22/h3-4,6-8,18H,5,9-11H2,1-2H3. The minimum absolute atomic E-state index is 0.0202. The Morgan fingerprint density at radius 2 is 2.17 bits per heavy atom. The van der Waals surface area contributed by atoms with Crippen LogP contribution in [0, 0.1) is 0 Å². The molecule has 6 rings (SSSR count). The molecule has 1 aliphatic carbocycles. The Balaban J connectivity index is 1.51. The first kappa shape index (κ1) is 18.2. The lowest BCUT2D eigenvalue weighted by molar-refractivity contribution is -0.0491. The number of hydrogen-bond donors (Lipinski definition) is 0. The van der Waals surface area contributed by atoms with Gasteiger partial charge in [0.25, 0.3) is 0 Å². The second-order valence-electron chi connectivity index (χ2n) is 8.30. The molecule has 0 atom stereocenters. The summed E-state index contributed by atoms with van der Waals surface area (Å²) in [5, 5.41) is 4.10. The molecule has 3 aliphatic rings. The topological polar surface area (TPSA) is 70.7 Å². The molecule has 0 N–H and O–H groups in total. The molecule has 2 aliphatic heterocycles. The number of ether oxygens (including phenoxy) is 2. The number of carbonyl (C=O) groups is 1. The van der Waals surface area contributed by atoms with E-state index in [0.29, 0.717) is 23.5 Å². The Kier molecular flexibility index (Phi) is 3.83. The van der Waals surface area contributed by atoms with Crippen LogP contribution in [0.15, 0.2) is 30.7 Å². The van der Waals surface area contributed by atoms with Crippen LogP contribution in [0.3, 0.4) is 0 Å². The van der Waals surface area contributed by atoms with Crippen molar-refractivity contribution in [2.45, 2.75) is 43.8 Å². The molecule has 0 spiro atoms. The Morgan fingerprint density at radius 1 is 1.38 bits per heavy atom. The zero-order chi connectivity index (χ0) is 20.4. The first-order valence-corrected chi connectivity index (χ1v) is 9.39. The average molecular weight is 402 g/mol. The number of rotatable bonds is 6. The molecule has 2 saturated heterocycles. The highest BCUT2D eigenvalue weighted by Gasteiger charge is 2.61. The van der Waals surface area contributed by atoms with Gasteiger partial charge in [0.2, 0.25) is 0 Å². The normalized spacial score (nSPS) is 25.6. The number of imidazole rings is 1. The third-order valence-corrected chi connectivity index (χ3v) is 5.82. The van der Waals surface area contributed by atoms with Crippen molar-refractivity contribution in [3.8, 4) is 5.75 Å². The summed E-state index contributed by atoms with van der Waals surface area (Å²) in [5.74, 6) is -0.249. The summed E-state index contributed by atoms with van der Waals surface area (Å²) in [5.41, 5.74) is 1.70. The summed E-state index contributed by atoms with van der Waals surface area (Å²) in [6, 6.07) is 3.08. The maximum absolute atomic E-state index is 13.0. The molecule has 152 valence electrons. The molecule has 3 aromatic heterocycles. The number of fused-ring (bicyclic) bond motifs is 2. The van der Waals surface area contributed by atoms with Crippen LogP contribution < -0.4 is 4.74 Å². The molecule has 0 radical (unpaired) electrons. The predicted molar refractivity (Wildman–Crippen MR) is 98.3 cm³/mol.